The van der Waals surface area contributed by atoms with E-state index in [4.69, 9.17) is 9.15 Å². The maximum atomic E-state index is 12.8. The number of sulfone groups is 1. The Bertz CT molecular complexity index is 856. The Hall–Kier alpha value is -2.28. The SMILES string of the molecule is CC(C)c1ccc(OCC(=O)N(Cc2ccco2)[C@@H]2CCS(=O)(=O)C2)cc1. The van der Waals surface area contributed by atoms with Crippen molar-refractivity contribution in [1.29, 1.82) is 0 Å². The maximum Gasteiger partial charge on any atom is 0.261 e. The van der Waals surface area contributed by atoms with Crippen molar-refractivity contribution in [3.05, 3.63) is 54.0 Å². The Balaban J connectivity index is 1.67. The van der Waals surface area contributed by atoms with Gasteiger partial charge in [0.15, 0.2) is 16.4 Å². The summed E-state index contributed by atoms with van der Waals surface area (Å²) in [5.74, 6) is 1.51. The summed E-state index contributed by atoms with van der Waals surface area (Å²) < 4.78 is 34.7. The van der Waals surface area contributed by atoms with Crippen molar-refractivity contribution in [2.45, 2.75) is 38.8 Å². The number of nitrogens with zero attached hydrogens (tertiary/aromatic N) is 1. The van der Waals surface area contributed by atoms with Crippen LogP contribution in [-0.2, 0) is 21.2 Å². The van der Waals surface area contributed by atoms with E-state index in [0.29, 0.717) is 23.8 Å². The minimum absolute atomic E-state index is 0.0114. The molecule has 0 saturated carbocycles. The van der Waals surface area contributed by atoms with E-state index in [-0.39, 0.29) is 36.6 Å². The van der Waals surface area contributed by atoms with Gasteiger partial charge in [-0.1, -0.05) is 26.0 Å². The monoisotopic (exact) mass is 391 g/mol. The third-order valence-corrected chi connectivity index (χ3v) is 6.54. The van der Waals surface area contributed by atoms with Crippen LogP contribution < -0.4 is 4.74 Å². The Morgan fingerprint density at radius 3 is 2.56 bits per heavy atom. The van der Waals surface area contributed by atoms with Crippen LogP contribution in [0.2, 0.25) is 0 Å². The van der Waals surface area contributed by atoms with Crippen molar-refractivity contribution in [3.63, 3.8) is 0 Å². The van der Waals surface area contributed by atoms with Gasteiger partial charge >= 0.3 is 0 Å². The Labute approximate surface area is 160 Å². The number of ether oxygens (including phenoxy) is 1. The van der Waals surface area contributed by atoms with Crippen molar-refractivity contribution in [3.8, 4) is 5.75 Å². The fraction of sp³-hybridized carbons (Fsp3) is 0.450. The van der Waals surface area contributed by atoms with Crippen molar-refractivity contribution in [2.75, 3.05) is 18.1 Å². The largest absolute Gasteiger partial charge is 0.484 e. The molecule has 1 aromatic heterocycles. The molecule has 1 aliphatic heterocycles. The predicted molar refractivity (Wildman–Crippen MR) is 102 cm³/mol. The zero-order valence-electron chi connectivity index (χ0n) is 15.6. The molecule has 0 unspecified atom stereocenters. The van der Waals surface area contributed by atoms with E-state index in [9.17, 15) is 13.2 Å². The van der Waals surface area contributed by atoms with Crippen LogP contribution in [0, 0.1) is 0 Å². The number of carbonyl (C=O) groups is 1. The molecular weight excluding hydrogens is 366 g/mol. The van der Waals surface area contributed by atoms with Crippen LogP contribution in [-0.4, -0.2) is 43.4 Å². The van der Waals surface area contributed by atoms with Crippen LogP contribution in [0.25, 0.3) is 0 Å². The summed E-state index contributed by atoms with van der Waals surface area (Å²) in [6.07, 6.45) is 1.98. The first-order chi connectivity index (χ1) is 12.8. The summed E-state index contributed by atoms with van der Waals surface area (Å²) >= 11 is 0. The summed E-state index contributed by atoms with van der Waals surface area (Å²) in [7, 11) is -3.10. The molecule has 1 fully saturated rings. The number of hydrogen-bond acceptors (Lipinski definition) is 5. The lowest BCUT2D eigenvalue weighted by Crippen LogP contribution is -2.43. The van der Waals surface area contributed by atoms with Crippen LogP contribution in [0.3, 0.4) is 0 Å². The second-order valence-corrected chi connectivity index (χ2v) is 9.40. The van der Waals surface area contributed by atoms with E-state index in [1.807, 2.05) is 24.3 Å². The highest BCUT2D eigenvalue weighted by molar-refractivity contribution is 7.91. The van der Waals surface area contributed by atoms with Crippen LogP contribution >= 0.6 is 0 Å². The molecule has 1 atom stereocenters. The van der Waals surface area contributed by atoms with Gasteiger partial charge in [0, 0.05) is 6.04 Å². The average Bonchev–Trinajstić information content (AvgIpc) is 3.27. The molecule has 0 radical (unpaired) electrons. The molecule has 0 spiro atoms. The molecule has 3 rings (SSSR count). The molecule has 0 bridgehead atoms. The number of benzene rings is 1. The highest BCUT2D eigenvalue weighted by Crippen LogP contribution is 2.22. The van der Waals surface area contributed by atoms with Gasteiger partial charge in [-0.3, -0.25) is 4.79 Å². The second-order valence-electron chi connectivity index (χ2n) is 7.17. The highest BCUT2D eigenvalue weighted by Gasteiger charge is 2.35. The standard InChI is InChI=1S/C20H25NO5S/c1-15(2)16-5-7-18(8-6-16)26-13-20(22)21(12-19-4-3-10-25-19)17-9-11-27(23,24)14-17/h3-8,10,15,17H,9,11-14H2,1-2H3/t17-/m1/s1. The van der Waals surface area contributed by atoms with Crippen molar-refractivity contribution < 1.29 is 22.4 Å². The van der Waals surface area contributed by atoms with Gasteiger partial charge in [0.25, 0.3) is 5.91 Å². The minimum atomic E-state index is -3.10. The van der Waals surface area contributed by atoms with Gasteiger partial charge in [0.1, 0.15) is 11.5 Å². The lowest BCUT2D eigenvalue weighted by molar-refractivity contribution is -0.136. The number of hydrogen-bond donors (Lipinski definition) is 0. The number of rotatable bonds is 7. The van der Waals surface area contributed by atoms with E-state index in [2.05, 4.69) is 13.8 Å². The normalized spacial score (nSPS) is 18.6. The second kappa shape index (κ2) is 8.17. The Morgan fingerprint density at radius 2 is 2.00 bits per heavy atom. The third-order valence-electron chi connectivity index (χ3n) is 4.78. The molecule has 1 aliphatic rings. The quantitative estimate of drug-likeness (QED) is 0.725. The first-order valence-corrected chi connectivity index (χ1v) is 10.9. The Kier molecular flexibility index (Phi) is 5.89. The van der Waals surface area contributed by atoms with Gasteiger partial charge in [-0.2, -0.15) is 0 Å². The molecule has 6 nitrogen and oxygen atoms in total. The molecule has 0 N–H and O–H groups in total. The average molecular weight is 391 g/mol. The molecule has 7 heteroatoms. The maximum absolute atomic E-state index is 12.8. The summed E-state index contributed by atoms with van der Waals surface area (Å²) in [6, 6.07) is 10.8. The fourth-order valence-electron chi connectivity index (χ4n) is 3.19. The van der Waals surface area contributed by atoms with Gasteiger partial charge in [0.05, 0.1) is 24.3 Å². The predicted octanol–water partition coefficient (Wildman–Crippen LogP) is 3.00. The van der Waals surface area contributed by atoms with Crippen molar-refractivity contribution in [1.82, 2.24) is 4.90 Å². The number of furan rings is 1. The lowest BCUT2D eigenvalue weighted by atomic mass is 10.0. The minimum Gasteiger partial charge on any atom is -0.484 e. The number of amides is 1. The summed E-state index contributed by atoms with van der Waals surface area (Å²) in [6.45, 7) is 4.32. The van der Waals surface area contributed by atoms with Gasteiger partial charge in [0.2, 0.25) is 0 Å². The molecule has 2 aromatic rings. The fourth-order valence-corrected chi connectivity index (χ4v) is 4.92. The van der Waals surface area contributed by atoms with Crippen LogP contribution in [0.4, 0.5) is 0 Å². The first-order valence-electron chi connectivity index (χ1n) is 9.09. The molecule has 0 aliphatic carbocycles. The molecule has 1 aromatic carbocycles. The van der Waals surface area contributed by atoms with Crippen molar-refractivity contribution in [2.24, 2.45) is 0 Å². The molecular formula is C20H25NO5S. The molecule has 146 valence electrons. The van der Waals surface area contributed by atoms with E-state index in [1.54, 1.807) is 17.0 Å². The van der Waals surface area contributed by atoms with E-state index in [1.165, 1.54) is 11.8 Å². The molecule has 27 heavy (non-hydrogen) atoms. The van der Waals surface area contributed by atoms with Gasteiger partial charge < -0.3 is 14.1 Å². The third kappa shape index (κ3) is 5.13. The molecule has 2 heterocycles. The topological polar surface area (TPSA) is 76.8 Å². The number of carbonyl (C=O) groups excluding carboxylic acids is 1. The van der Waals surface area contributed by atoms with E-state index in [0.717, 1.165) is 0 Å². The highest BCUT2D eigenvalue weighted by atomic mass is 32.2. The molecule has 1 amide bonds. The first kappa shape index (κ1) is 19.5. The lowest BCUT2D eigenvalue weighted by Gasteiger charge is -2.27. The summed E-state index contributed by atoms with van der Waals surface area (Å²) in [4.78, 5) is 14.3. The Morgan fingerprint density at radius 1 is 1.26 bits per heavy atom. The van der Waals surface area contributed by atoms with Gasteiger partial charge in [-0.25, -0.2) is 8.42 Å². The zero-order chi connectivity index (χ0) is 19.4. The van der Waals surface area contributed by atoms with Gasteiger partial charge in [-0.05, 0) is 42.2 Å². The van der Waals surface area contributed by atoms with Crippen LogP contribution in [0.1, 0.15) is 37.5 Å². The van der Waals surface area contributed by atoms with Gasteiger partial charge in [-0.15, -0.1) is 0 Å². The van der Waals surface area contributed by atoms with E-state index < -0.39 is 9.84 Å². The molecule has 1 saturated heterocycles. The van der Waals surface area contributed by atoms with E-state index >= 15 is 0 Å². The summed E-state index contributed by atoms with van der Waals surface area (Å²) in [5, 5.41) is 0. The smallest absolute Gasteiger partial charge is 0.261 e. The zero-order valence-corrected chi connectivity index (χ0v) is 16.4. The van der Waals surface area contributed by atoms with Crippen LogP contribution in [0.15, 0.2) is 47.1 Å². The van der Waals surface area contributed by atoms with Crippen molar-refractivity contribution >= 4 is 15.7 Å². The van der Waals surface area contributed by atoms with Crippen LogP contribution in [0.5, 0.6) is 5.75 Å². The summed E-state index contributed by atoms with van der Waals surface area (Å²) in [5.41, 5.74) is 1.20.